The predicted octanol–water partition coefficient (Wildman–Crippen LogP) is -1.51. The number of nitrogens with zero attached hydrogens (tertiary/aromatic N) is 3. The number of hydrogen-bond acceptors (Lipinski definition) is 7. The first-order chi connectivity index (χ1) is 12.7. The molecule has 1 aromatic heterocycles. The van der Waals surface area contributed by atoms with Crippen molar-refractivity contribution >= 4 is 18.2 Å². The first-order valence-electron chi connectivity index (χ1n) is 9.36. The number of fused-ring (bicyclic) bond motifs is 1. The van der Waals surface area contributed by atoms with Crippen LogP contribution in [0.3, 0.4) is 0 Å². The van der Waals surface area contributed by atoms with E-state index in [9.17, 15) is 14.7 Å². The van der Waals surface area contributed by atoms with E-state index in [1.165, 1.54) is 4.68 Å². The summed E-state index contributed by atoms with van der Waals surface area (Å²) in [4.78, 5) is 26.1. The van der Waals surface area contributed by atoms with Crippen LogP contribution >= 0.6 is 0 Å². The van der Waals surface area contributed by atoms with E-state index in [2.05, 4.69) is 21.3 Å². The second kappa shape index (κ2) is 6.17. The van der Waals surface area contributed by atoms with Gasteiger partial charge in [-0.05, 0) is 24.3 Å². The van der Waals surface area contributed by atoms with Gasteiger partial charge >= 0.3 is 0 Å². The molecule has 9 heteroatoms. The van der Waals surface area contributed by atoms with Crippen molar-refractivity contribution in [3.05, 3.63) is 31.4 Å². The Labute approximate surface area is 156 Å². The Morgan fingerprint density at radius 2 is 2.07 bits per heavy atom. The fraction of sp³-hybridized carbons (Fsp3) is 0.611. The smallest absolute Gasteiger partial charge is 0.289 e. The maximum absolute atomic E-state index is 13.1. The summed E-state index contributed by atoms with van der Waals surface area (Å²) in [6.07, 6.45) is 6.25. The van der Waals surface area contributed by atoms with Gasteiger partial charge in [-0.1, -0.05) is 20.8 Å². The molecule has 1 saturated carbocycles. The first kappa shape index (κ1) is 17.7. The monoisotopic (exact) mass is 374 g/mol. The normalized spacial score (nSPS) is 24.7. The van der Waals surface area contributed by atoms with E-state index in [1.807, 2.05) is 26.8 Å². The number of hydrazone groups is 1. The Morgan fingerprint density at radius 3 is 2.67 bits per heavy atom. The molecule has 2 aliphatic heterocycles. The molecule has 1 aromatic rings. The second-order valence-electron chi connectivity index (χ2n) is 8.70. The summed E-state index contributed by atoms with van der Waals surface area (Å²) in [5.41, 5.74) is 5.49. The van der Waals surface area contributed by atoms with E-state index in [0.29, 0.717) is 12.0 Å². The van der Waals surface area contributed by atoms with Crippen LogP contribution in [-0.2, 0) is 6.54 Å². The van der Waals surface area contributed by atoms with Crippen molar-refractivity contribution in [2.24, 2.45) is 10.5 Å². The van der Waals surface area contributed by atoms with Gasteiger partial charge in [0.2, 0.25) is 5.88 Å². The lowest BCUT2D eigenvalue weighted by Gasteiger charge is -2.21. The highest BCUT2D eigenvalue weighted by atomic mass is 16.3. The van der Waals surface area contributed by atoms with Crippen molar-refractivity contribution < 1.29 is 5.11 Å². The molecule has 27 heavy (non-hydrogen) atoms. The number of nitrogens with one attached hydrogen (secondary N) is 3. The molecule has 0 radical (unpaired) electrons. The molecule has 0 amide bonds. The third-order valence-corrected chi connectivity index (χ3v) is 4.90. The first-order valence-corrected chi connectivity index (χ1v) is 9.36. The summed E-state index contributed by atoms with van der Waals surface area (Å²) in [5, 5.41) is 17.1. The van der Waals surface area contributed by atoms with Gasteiger partial charge in [0.05, 0.1) is 12.1 Å². The highest BCUT2D eigenvalue weighted by Gasteiger charge is 2.30. The molecule has 0 saturated heterocycles. The van der Waals surface area contributed by atoms with Crippen LogP contribution in [0.2, 0.25) is 0 Å². The molecule has 1 fully saturated rings. The quantitative estimate of drug-likeness (QED) is 0.510. The molecular weight excluding hydrogens is 348 g/mol. The number of aliphatic hydroxyl groups is 1. The topological polar surface area (TPSA) is 113 Å². The Hall–Kier alpha value is -2.71. The summed E-state index contributed by atoms with van der Waals surface area (Å²) in [7, 11) is 0. The van der Waals surface area contributed by atoms with Crippen LogP contribution < -0.4 is 38.0 Å². The van der Waals surface area contributed by atoms with E-state index in [0.717, 1.165) is 19.3 Å². The van der Waals surface area contributed by atoms with Crippen molar-refractivity contribution in [2.75, 3.05) is 5.43 Å². The van der Waals surface area contributed by atoms with Crippen LogP contribution in [-0.4, -0.2) is 38.7 Å². The van der Waals surface area contributed by atoms with Gasteiger partial charge in [-0.15, -0.1) is 0 Å². The van der Waals surface area contributed by atoms with Gasteiger partial charge in [0.25, 0.3) is 11.1 Å². The lowest BCUT2D eigenvalue weighted by Crippen LogP contribution is -2.61. The molecule has 4 rings (SSSR count). The molecule has 9 nitrogen and oxygen atoms in total. The highest BCUT2D eigenvalue weighted by molar-refractivity contribution is 5.61. The molecule has 4 N–H and O–H groups in total. The number of hydrogen-bond donors (Lipinski definition) is 4. The SMILES string of the molecule is CC(C)(C)Cn1c(=O)c(=C(O)NC2CC2)c(=O)n2c1=CC(C1CC=NN1)N2. The molecule has 2 unspecified atom stereocenters. The Balaban J connectivity index is 1.90. The summed E-state index contributed by atoms with van der Waals surface area (Å²) >= 11 is 0. The van der Waals surface area contributed by atoms with E-state index < -0.39 is 11.1 Å². The number of rotatable bonds is 4. The fourth-order valence-electron chi connectivity index (χ4n) is 3.43. The van der Waals surface area contributed by atoms with E-state index >= 15 is 0 Å². The molecule has 3 aliphatic rings. The van der Waals surface area contributed by atoms with Crippen molar-refractivity contribution in [3.63, 3.8) is 0 Å². The minimum Gasteiger partial charge on any atom is -0.494 e. The van der Waals surface area contributed by atoms with Crippen LogP contribution in [0.5, 0.6) is 0 Å². The maximum atomic E-state index is 13.1. The van der Waals surface area contributed by atoms with Gasteiger partial charge in [-0.3, -0.25) is 14.2 Å². The average molecular weight is 374 g/mol. The van der Waals surface area contributed by atoms with Crippen LogP contribution in [0.25, 0.3) is 12.0 Å². The van der Waals surface area contributed by atoms with Crippen LogP contribution in [0.4, 0.5) is 0 Å². The molecule has 0 spiro atoms. The highest BCUT2D eigenvalue weighted by Crippen LogP contribution is 2.19. The summed E-state index contributed by atoms with van der Waals surface area (Å²) in [5.74, 6) is -0.335. The van der Waals surface area contributed by atoms with Crippen molar-refractivity contribution in [1.29, 1.82) is 0 Å². The number of aromatic nitrogens is 2. The molecule has 146 valence electrons. The Bertz CT molecular complexity index is 1020. The minimum absolute atomic E-state index is 0.00750. The molecule has 3 heterocycles. The van der Waals surface area contributed by atoms with Gasteiger partial charge in [-0.2, -0.15) is 5.10 Å². The minimum atomic E-state index is -0.538. The standard InChI is InChI=1S/C18H26N6O3/c1-18(2,3)9-23-13-8-12(11-6-7-19-21-11)22-24(13)17(27)14(16(23)26)15(25)20-10-4-5-10/h7-8,10-12,20-22,25H,4-6,9H2,1-3H3. The van der Waals surface area contributed by atoms with E-state index in [-0.39, 0.29) is 34.6 Å². The largest absolute Gasteiger partial charge is 0.494 e. The third-order valence-electron chi connectivity index (χ3n) is 4.90. The summed E-state index contributed by atoms with van der Waals surface area (Å²) in [6, 6.07) is -0.0436. The lowest BCUT2D eigenvalue weighted by atomic mass is 9.97. The van der Waals surface area contributed by atoms with Crippen molar-refractivity contribution in [3.8, 4) is 0 Å². The van der Waals surface area contributed by atoms with E-state index in [4.69, 9.17) is 0 Å². The number of aliphatic hydroxyl groups excluding tert-OH is 1. The zero-order valence-corrected chi connectivity index (χ0v) is 15.8. The lowest BCUT2D eigenvalue weighted by molar-refractivity contribution is 0.326. The second-order valence-corrected chi connectivity index (χ2v) is 8.70. The molecule has 0 aromatic carbocycles. The van der Waals surface area contributed by atoms with Gasteiger partial charge in [-0.25, -0.2) is 4.68 Å². The Kier molecular flexibility index (Phi) is 4.05. The average Bonchev–Trinajstić information content (AvgIpc) is 3.08. The third kappa shape index (κ3) is 3.33. The van der Waals surface area contributed by atoms with Crippen LogP contribution in [0.15, 0.2) is 14.7 Å². The maximum Gasteiger partial charge on any atom is 0.289 e. The van der Waals surface area contributed by atoms with Gasteiger partial charge in [0.1, 0.15) is 5.48 Å². The van der Waals surface area contributed by atoms with Crippen LogP contribution in [0.1, 0.15) is 40.0 Å². The van der Waals surface area contributed by atoms with Crippen molar-refractivity contribution in [2.45, 2.75) is 64.7 Å². The fourth-order valence-corrected chi connectivity index (χ4v) is 3.43. The summed E-state index contributed by atoms with van der Waals surface area (Å²) < 4.78 is 2.95. The van der Waals surface area contributed by atoms with Crippen LogP contribution in [0, 0.1) is 5.41 Å². The van der Waals surface area contributed by atoms with Crippen molar-refractivity contribution in [1.82, 2.24) is 20.0 Å². The molecular formula is C18H26N6O3. The van der Waals surface area contributed by atoms with E-state index in [1.54, 1.807) is 10.8 Å². The summed E-state index contributed by atoms with van der Waals surface area (Å²) in [6.45, 7) is 6.50. The Morgan fingerprint density at radius 1 is 1.33 bits per heavy atom. The molecule has 1 aliphatic carbocycles. The van der Waals surface area contributed by atoms with Gasteiger partial charge in [0, 0.05) is 25.2 Å². The van der Waals surface area contributed by atoms with Gasteiger partial charge < -0.3 is 21.3 Å². The van der Waals surface area contributed by atoms with Gasteiger partial charge in [0.15, 0.2) is 5.22 Å². The zero-order chi connectivity index (χ0) is 19.3. The molecule has 2 atom stereocenters. The molecule has 0 bridgehead atoms. The zero-order valence-electron chi connectivity index (χ0n) is 15.8. The predicted molar refractivity (Wildman–Crippen MR) is 104 cm³/mol.